The third-order valence-electron chi connectivity index (χ3n) is 1.28. The van der Waals surface area contributed by atoms with Gasteiger partial charge in [0, 0.05) is 13.1 Å². The summed E-state index contributed by atoms with van der Waals surface area (Å²) in [4.78, 5) is 0. The zero-order chi connectivity index (χ0) is 10.7. The van der Waals surface area contributed by atoms with Crippen molar-refractivity contribution in [1.29, 1.82) is 0 Å². The molecule has 80 valence electrons. The fourth-order valence-electron chi connectivity index (χ4n) is 0.746. The van der Waals surface area contributed by atoms with E-state index in [1.165, 1.54) is 4.67 Å². The molecule has 0 aliphatic rings. The first-order valence-electron chi connectivity index (χ1n) is 3.51. The summed E-state index contributed by atoms with van der Waals surface area (Å²) in [6.07, 6.45) is 0. The first kappa shape index (κ1) is 13.9. The van der Waals surface area contributed by atoms with E-state index in [2.05, 4.69) is 4.52 Å². The number of nitrogens with zero attached hydrogens (tertiary/aromatic N) is 2. The predicted molar refractivity (Wildman–Crippen MR) is 53.8 cm³/mol. The van der Waals surface area contributed by atoms with Crippen molar-refractivity contribution < 1.29 is 13.0 Å². The van der Waals surface area contributed by atoms with Gasteiger partial charge < -0.3 is 0 Å². The van der Waals surface area contributed by atoms with Crippen molar-refractivity contribution in [3.8, 4) is 0 Å². The highest BCUT2D eigenvalue weighted by atomic mass is 35.9. The standard InChI is InChI=1S/C4H10Cl2F2N2OP2/c1-3-10(4-2)12(5,6)9-13(7,8)11/h3-4H2,1-2H3. The van der Waals surface area contributed by atoms with E-state index in [1.807, 2.05) is 0 Å². The molecule has 0 saturated carbocycles. The molecule has 0 saturated heterocycles. The lowest BCUT2D eigenvalue weighted by atomic mass is 10.7. The fourth-order valence-corrected chi connectivity index (χ4v) is 5.58. The van der Waals surface area contributed by atoms with Crippen LogP contribution in [0.3, 0.4) is 0 Å². The summed E-state index contributed by atoms with van der Waals surface area (Å²) in [5.74, 6) is -3.28. The van der Waals surface area contributed by atoms with Crippen molar-refractivity contribution in [2.45, 2.75) is 13.8 Å². The first-order valence-corrected chi connectivity index (χ1v) is 8.45. The average molecular weight is 273 g/mol. The van der Waals surface area contributed by atoms with E-state index in [1.54, 1.807) is 13.8 Å². The minimum Gasteiger partial charge on any atom is -0.246 e. The van der Waals surface area contributed by atoms with Gasteiger partial charge in [-0.2, -0.15) is 0 Å². The Morgan fingerprint density at radius 2 is 1.69 bits per heavy atom. The molecule has 0 unspecified atom stereocenters. The van der Waals surface area contributed by atoms with E-state index >= 15 is 0 Å². The third-order valence-corrected chi connectivity index (χ3v) is 6.72. The highest BCUT2D eigenvalue weighted by Crippen LogP contribution is 2.71. The molecule has 0 heterocycles. The van der Waals surface area contributed by atoms with Crippen LogP contribution in [0.5, 0.6) is 0 Å². The van der Waals surface area contributed by atoms with Crippen LogP contribution in [0, 0.1) is 0 Å². The second-order valence-corrected chi connectivity index (χ2v) is 8.53. The van der Waals surface area contributed by atoms with Crippen molar-refractivity contribution in [3.05, 3.63) is 0 Å². The third kappa shape index (κ3) is 5.34. The molecule has 0 aromatic heterocycles. The van der Waals surface area contributed by atoms with Gasteiger partial charge in [0.25, 0.3) is 0 Å². The van der Waals surface area contributed by atoms with Gasteiger partial charge in [0.05, 0.1) is 0 Å². The summed E-state index contributed by atoms with van der Waals surface area (Å²) in [6.45, 7) is 4.20. The van der Waals surface area contributed by atoms with Crippen LogP contribution in [0.4, 0.5) is 8.39 Å². The van der Waals surface area contributed by atoms with E-state index in [4.69, 9.17) is 22.5 Å². The molecule has 0 amide bonds. The molecule has 3 nitrogen and oxygen atoms in total. The Kier molecular flexibility index (Phi) is 5.42. The van der Waals surface area contributed by atoms with Crippen molar-refractivity contribution in [3.63, 3.8) is 0 Å². The Morgan fingerprint density at radius 1 is 1.31 bits per heavy atom. The van der Waals surface area contributed by atoms with Crippen LogP contribution in [0.15, 0.2) is 4.52 Å². The Labute approximate surface area is 85.8 Å². The maximum Gasteiger partial charge on any atom is 0.531 e. The van der Waals surface area contributed by atoms with Crippen LogP contribution in [0.2, 0.25) is 0 Å². The van der Waals surface area contributed by atoms with Crippen LogP contribution in [-0.2, 0) is 4.57 Å². The van der Waals surface area contributed by atoms with E-state index < -0.39 is 13.8 Å². The maximum absolute atomic E-state index is 12.1. The molecule has 0 aromatic carbocycles. The summed E-state index contributed by atoms with van der Waals surface area (Å²) in [6, 6.07) is 0. The van der Waals surface area contributed by atoms with Gasteiger partial charge >= 0.3 is 7.91 Å². The van der Waals surface area contributed by atoms with Crippen LogP contribution in [0.25, 0.3) is 0 Å². The van der Waals surface area contributed by atoms with E-state index in [0.717, 1.165) is 0 Å². The molecule has 0 fully saturated rings. The number of halogens is 4. The zero-order valence-electron chi connectivity index (χ0n) is 7.12. The van der Waals surface area contributed by atoms with Gasteiger partial charge in [-0.15, -0.1) is 12.9 Å². The molecule has 0 spiro atoms. The topological polar surface area (TPSA) is 32.7 Å². The molecule has 0 atom stereocenters. The van der Waals surface area contributed by atoms with Crippen molar-refractivity contribution >= 4 is 36.3 Å². The highest BCUT2D eigenvalue weighted by molar-refractivity contribution is 8.10. The Balaban J connectivity index is 4.93. The molecule has 0 rings (SSSR count). The van der Waals surface area contributed by atoms with Gasteiger partial charge in [-0.25, -0.2) is 9.24 Å². The van der Waals surface area contributed by atoms with E-state index in [-0.39, 0.29) is 0 Å². The smallest absolute Gasteiger partial charge is 0.246 e. The maximum atomic E-state index is 12.1. The Bertz CT molecular complexity index is 259. The van der Waals surface area contributed by atoms with Crippen molar-refractivity contribution in [2.24, 2.45) is 4.52 Å². The largest absolute Gasteiger partial charge is 0.531 e. The van der Waals surface area contributed by atoms with Crippen LogP contribution in [0.1, 0.15) is 13.8 Å². The van der Waals surface area contributed by atoms with Gasteiger partial charge in [0.15, 0.2) is 0 Å². The quantitative estimate of drug-likeness (QED) is 0.689. The van der Waals surface area contributed by atoms with Crippen LogP contribution < -0.4 is 0 Å². The molecule has 0 radical (unpaired) electrons. The Hall–Kier alpha value is 0.860. The summed E-state index contributed by atoms with van der Waals surface area (Å²) in [5, 5.41) is 0. The molecular formula is C4H10Cl2F2N2OP2. The summed E-state index contributed by atoms with van der Waals surface area (Å²) >= 11 is 11.1. The van der Waals surface area contributed by atoms with Gasteiger partial charge in [0.2, 0.25) is 5.91 Å². The van der Waals surface area contributed by atoms with E-state index in [9.17, 15) is 13.0 Å². The lowest BCUT2D eigenvalue weighted by Crippen LogP contribution is -2.14. The van der Waals surface area contributed by atoms with Gasteiger partial charge in [-0.05, 0) is 22.5 Å². The molecule has 9 heteroatoms. The van der Waals surface area contributed by atoms with Gasteiger partial charge in [-0.3, -0.25) is 0 Å². The molecule has 0 N–H and O–H groups in total. The molecule has 0 aliphatic heterocycles. The van der Waals surface area contributed by atoms with Crippen molar-refractivity contribution in [1.82, 2.24) is 4.67 Å². The predicted octanol–water partition coefficient (Wildman–Crippen LogP) is 4.80. The first-order chi connectivity index (χ1) is 5.73. The molecular weight excluding hydrogens is 263 g/mol. The van der Waals surface area contributed by atoms with Crippen LogP contribution in [-0.4, -0.2) is 17.8 Å². The van der Waals surface area contributed by atoms with Gasteiger partial charge in [-0.1, -0.05) is 13.8 Å². The summed E-state index contributed by atoms with van der Waals surface area (Å²) in [5.41, 5.74) is 0. The van der Waals surface area contributed by atoms with E-state index in [0.29, 0.717) is 13.1 Å². The van der Waals surface area contributed by atoms with Crippen LogP contribution >= 0.6 is 36.3 Å². The molecule has 0 aliphatic carbocycles. The lowest BCUT2D eigenvalue weighted by Gasteiger charge is -2.22. The fraction of sp³-hybridized carbons (Fsp3) is 1.00. The number of hydrogen-bond acceptors (Lipinski definition) is 1. The highest BCUT2D eigenvalue weighted by Gasteiger charge is 2.28. The average Bonchev–Trinajstić information content (AvgIpc) is 1.83. The minimum absolute atomic E-state index is 0.390. The summed E-state index contributed by atoms with van der Waals surface area (Å²) < 4.78 is 38.3. The van der Waals surface area contributed by atoms with Crippen molar-refractivity contribution in [2.75, 3.05) is 13.1 Å². The second-order valence-electron chi connectivity index (χ2n) is 2.12. The second kappa shape index (κ2) is 5.09. The Morgan fingerprint density at radius 3 is 1.92 bits per heavy atom. The summed E-state index contributed by atoms with van der Waals surface area (Å²) in [7, 11) is -5.50. The monoisotopic (exact) mass is 272 g/mol. The molecule has 13 heavy (non-hydrogen) atoms. The van der Waals surface area contributed by atoms with Gasteiger partial charge in [0.1, 0.15) is 0 Å². The zero-order valence-corrected chi connectivity index (χ0v) is 10.4. The SMILES string of the molecule is CCN(CC)P(Cl)(Cl)=NP(=O)(F)F. The number of hydrogen-bond donors (Lipinski definition) is 0. The number of rotatable bonds is 4. The minimum atomic E-state index is -5.50. The molecule has 0 aromatic rings. The molecule has 0 bridgehead atoms. The lowest BCUT2D eigenvalue weighted by molar-refractivity contribution is 0.493. The normalized spacial score (nSPS) is 13.5.